The lowest BCUT2D eigenvalue weighted by Crippen LogP contribution is -2.52. The zero-order valence-electron chi connectivity index (χ0n) is 12.5. The number of amides is 1. The van der Waals surface area contributed by atoms with Gasteiger partial charge in [-0.3, -0.25) is 4.79 Å². The van der Waals surface area contributed by atoms with E-state index in [0.717, 1.165) is 6.42 Å². The number of ether oxygens (including phenoxy) is 2. The van der Waals surface area contributed by atoms with Crippen molar-refractivity contribution in [1.29, 1.82) is 0 Å². The van der Waals surface area contributed by atoms with Gasteiger partial charge in [0.1, 0.15) is 0 Å². The second-order valence-corrected chi connectivity index (χ2v) is 5.58. The highest BCUT2D eigenvalue weighted by atomic mass is 16.5. The van der Waals surface area contributed by atoms with E-state index in [4.69, 9.17) is 14.6 Å². The Morgan fingerprint density at radius 2 is 2.10 bits per heavy atom. The summed E-state index contributed by atoms with van der Waals surface area (Å²) in [6.07, 6.45) is 1.28. The average molecular weight is 287 g/mol. The summed E-state index contributed by atoms with van der Waals surface area (Å²) in [4.78, 5) is 24.5. The molecule has 1 heterocycles. The number of morpholine rings is 1. The van der Waals surface area contributed by atoms with E-state index in [2.05, 4.69) is 13.8 Å². The van der Waals surface area contributed by atoms with Crippen LogP contribution in [0.3, 0.4) is 0 Å². The molecule has 0 spiro atoms. The second-order valence-electron chi connectivity index (χ2n) is 5.58. The molecule has 1 rings (SSSR count). The van der Waals surface area contributed by atoms with Crippen molar-refractivity contribution in [1.82, 2.24) is 4.90 Å². The van der Waals surface area contributed by atoms with Crippen LogP contribution >= 0.6 is 0 Å². The Morgan fingerprint density at radius 1 is 1.40 bits per heavy atom. The molecule has 2 atom stereocenters. The van der Waals surface area contributed by atoms with Gasteiger partial charge in [-0.2, -0.15) is 0 Å². The molecule has 6 heteroatoms. The molecular formula is C14H25NO5. The summed E-state index contributed by atoms with van der Waals surface area (Å²) in [5, 5.41) is 9.07. The molecule has 116 valence electrons. The maximum atomic E-state index is 12.0. The smallest absolute Gasteiger partial charge is 0.328 e. The van der Waals surface area contributed by atoms with Crippen LogP contribution in [0.2, 0.25) is 0 Å². The molecular weight excluding hydrogens is 262 g/mol. The van der Waals surface area contributed by atoms with Gasteiger partial charge in [0.15, 0.2) is 6.04 Å². The molecule has 1 amide bonds. The number of carbonyl (C=O) groups is 2. The summed E-state index contributed by atoms with van der Waals surface area (Å²) in [6.45, 7) is 7.34. The van der Waals surface area contributed by atoms with Gasteiger partial charge >= 0.3 is 5.97 Å². The van der Waals surface area contributed by atoms with Crippen LogP contribution in [-0.2, 0) is 19.1 Å². The lowest BCUT2D eigenvalue weighted by Gasteiger charge is -2.33. The van der Waals surface area contributed by atoms with Gasteiger partial charge in [-0.05, 0) is 19.3 Å². The third-order valence-electron chi connectivity index (χ3n) is 3.26. The fraction of sp³-hybridized carbons (Fsp3) is 0.857. The molecule has 20 heavy (non-hydrogen) atoms. The van der Waals surface area contributed by atoms with Crippen LogP contribution in [0.1, 0.15) is 33.6 Å². The normalized spacial score (nSPS) is 21.0. The quantitative estimate of drug-likeness (QED) is 0.760. The number of hydrogen-bond donors (Lipinski definition) is 1. The van der Waals surface area contributed by atoms with E-state index >= 15 is 0 Å². The van der Waals surface area contributed by atoms with Crippen LogP contribution in [0.25, 0.3) is 0 Å². The first-order valence-corrected chi connectivity index (χ1v) is 7.13. The fourth-order valence-electron chi connectivity index (χ4n) is 2.33. The van der Waals surface area contributed by atoms with Gasteiger partial charge in [-0.15, -0.1) is 0 Å². The number of rotatable bonds is 7. The standard InChI is InChI=1S/C14H25NO5/c1-10(2)8-11(3)20-6-4-13(16)15-5-7-19-9-12(15)14(17)18/h10-12H,4-9H2,1-3H3,(H,17,18)/t11-,12+/m0/s1. The van der Waals surface area contributed by atoms with E-state index in [1.165, 1.54) is 4.90 Å². The average Bonchev–Trinajstić information content (AvgIpc) is 2.37. The highest BCUT2D eigenvalue weighted by Crippen LogP contribution is 2.11. The van der Waals surface area contributed by atoms with E-state index in [1.54, 1.807) is 0 Å². The van der Waals surface area contributed by atoms with Gasteiger partial charge in [0.25, 0.3) is 0 Å². The van der Waals surface area contributed by atoms with E-state index in [0.29, 0.717) is 25.7 Å². The minimum absolute atomic E-state index is 0.0612. The zero-order chi connectivity index (χ0) is 15.1. The summed E-state index contributed by atoms with van der Waals surface area (Å²) in [6, 6.07) is -0.871. The van der Waals surface area contributed by atoms with Crippen LogP contribution in [0.5, 0.6) is 0 Å². The third-order valence-corrected chi connectivity index (χ3v) is 3.26. The monoisotopic (exact) mass is 287 g/mol. The van der Waals surface area contributed by atoms with E-state index < -0.39 is 12.0 Å². The van der Waals surface area contributed by atoms with Crippen LogP contribution in [0.15, 0.2) is 0 Å². The SMILES string of the molecule is CC(C)C[C@H](C)OCCC(=O)N1CCOC[C@@H]1C(=O)O. The molecule has 0 aromatic heterocycles. The lowest BCUT2D eigenvalue weighted by molar-refractivity contribution is -0.158. The molecule has 0 aromatic rings. The summed E-state index contributed by atoms with van der Waals surface area (Å²) >= 11 is 0. The number of nitrogens with zero attached hydrogens (tertiary/aromatic N) is 1. The molecule has 0 aliphatic carbocycles. The van der Waals surface area contributed by atoms with Gasteiger partial charge < -0.3 is 19.5 Å². The van der Waals surface area contributed by atoms with Gasteiger partial charge in [-0.25, -0.2) is 4.79 Å². The first-order valence-electron chi connectivity index (χ1n) is 7.13. The summed E-state index contributed by atoms with van der Waals surface area (Å²) in [5.41, 5.74) is 0. The molecule has 1 aliphatic heterocycles. The van der Waals surface area contributed by atoms with Crippen molar-refractivity contribution in [2.75, 3.05) is 26.4 Å². The molecule has 1 fully saturated rings. The second kappa shape index (κ2) is 8.21. The first-order chi connectivity index (χ1) is 9.41. The molecule has 0 radical (unpaired) electrons. The Hall–Kier alpha value is -1.14. The number of carbonyl (C=O) groups excluding carboxylic acids is 1. The number of aliphatic carboxylic acids is 1. The van der Waals surface area contributed by atoms with Crippen molar-refractivity contribution < 1.29 is 24.2 Å². The topological polar surface area (TPSA) is 76.1 Å². The molecule has 6 nitrogen and oxygen atoms in total. The van der Waals surface area contributed by atoms with E-state index in [-0.39, 0.29) is 25.0 Å². The molecule has 0 saturated carbocycles. The summed E-state index contributed by atoms with van der Waals surface area (Å²) in [7, 11) is 0. The van der Waals surface area contributed by atoms with Crippen LogP contribution in [0.4, 0.5) is 0 Å². The molecule has 1 N–H and O–H groups in total. The van der Waals surface area contributed by atoms with Crippen LogP contribution in [-0.4, -0.2) is 60.4 Å². The van der Waals surface area contributed by atoms with Gasteiger partial charge in [0.05, 0.1) is 32.3 Å². The number of carboxylic acid groups (broad SMARTS) is 1. The van der Waals surface area contributed by atoms with Crippen molar-refractivity contribution in [2.45, 2.75) is 45.8 Å². The molecule has 1 saturated heterocycles. The van der Waals surface area contributed by atoms with Gasteiger partial charge in [0, 0.05) is 6.54 Å². The van der Waals surface area contributed by atoms with Crippen molar-refractivity contribution in [3.8, 4) is 0 Å². The lowest BCUT2D eigenvalue weighted by atomic mass is 10.1. The van der Waals surface area contributed by atoms with Crippen molar-refractivity contribution in [3.63, 3.8) is 0 Å². The Bertz CT molecular complexity index is 332. The highest BCUT2D eigenvalue weighted by Gasteiger charge is 2.32. The third kappa shape index (κ3) is 5.46. The minimum Gasteiger partial charge on any atom is -0.480 e. The maximum Gasteiger partial charge on any atom is 0.328 e. The maximum absolute atomic E-state index is 12.0. The summed E-state index contributed by atoms with van der Waals surface area (Å²) < 4.78 is 10.7. The minimum atomic E-state index is -1.02. The number of carboxylic acids is 1. The van der Waals surface area contributed by atoms with Crippen LogP contribution < -0.4 is 0 Å². The van der Waals surface area contributed by atoms with Gasteiger partial charge in [-0.1, -0.05) is 13.8 Å². The summed E-state index contributed by atoms with van der Waals surface area (Å²) in [5.74, 6) is -0.652. The molecule has 0 unspecified atom stereocenters. The molecule has 0 aromatic carbocycles. The predicted molar refractivity (Wildman–Crippen MR) is 73.4 cm³/mol. The largest absolute Gasteiger partial charge is 0.480 e. The Kier molecular flexibility index (Phi) is 6.95. The Labute approximate surface area is 120 Å². The predicted octanol–water partition coefficient (Wildman–Crippen LogP) is 1.14. The van der Waals surface area contributed by atoms with E-state index in [1.807, 2.05) is 6.92 Å². The molecule has 0 bridgehead atoms. The molecule has 1 aliphatic rings. The first kappa shape index (κ1) is 16.9. The number of hydrogen-bond acceptors (Lipinski definition) is 4. The van der Waals surface area contributed by atoms with Crippen molar-refractivity contribution in [2.24, 2.45) is 5.92 Å². The zero-order valence-corrected chi connectivity index (χ0v) is 12.5. The Morgan fingerprint density at radius 3 is 2.70 bits per heavy atom. The highest BCUT2D eigenvalue weighted by molar-refractivity contribution is 5.84. The Balaban J connectivity index is 2.35. The van der Waals surface area contributed by atoms with Gasteiger partial charge in [0.2, 0.25) is 5.91 Å². The van der Waals surface area contributed by atoms with E-state index in [9.17, 15) is 9.59 Å². The van der Waals surface area contributed by atoms with Crippen molar-refractivity contribution in [3.05, 3.63) is 0 Å². The fourth-order valence-corrected chi connectivity index (χ4v) is 2.33. The van der Waals surface area contributed by atoms with Crippen LogP contribution in [0, 0.1) is 5.92 Å². The van der Waals surface area contributed by atoms with Crippen molar-refractivity contribution >= 4 is 11.9 Å².